The molecule has 30 heavy (non-hydrogen) atoms. The molecule has 2 aliphatic rings. The van der Waals surface area contributed by atoms with Crippen LogP contribution in [-0.4, -0.2) is 46.2 Å². The normalized spacial score (nSPS) is 20.4. The number of anilines is 1. The van der Waals surface area contributed by atoms with Crippen LogP contribution in [0.2, 0.25) is 0 Å². The van der Waals surface area contributed by atoms with Gasteiger partial charge in [-0.05, 0) is 54.8 Å². The highest BCUT2D eigenvalue weighted by molar-refractivity contribution is 6.39. The Balaban J connectivity index is 1.32. The molecule has 1 spiro atoms. The van der Waals surface area contributed by atoms with Crippen molar-refractivity contribution in [3.8, 4) is 0 Å². The van der Waals surface area contributed by atoms with Crippen LogP contribution in [0.25, 0.3) is 0 Å². The van der Waals surface area contributed by atoms with Crippen LogP contribution < -0.4 is 10.6 Å². The first-order chi connectivity index (χ1) is 14.5. The molecule has 3 amide bonds. The second-order valence-corrected chi connectivity index (χ2v) is 7.49. The fourth-order valence-corrected chi connectivity index (χ4v) is 3.65. The molecule has 0 saturated carbocycles. The molecule has 1 aromatic heterocycles. The fraction of sp³-hybridized carbons (Fsp3) is 0.333. The number of pyridine rings is 1. The van der Waals surface area contributed by atoms with Crippen LogP contribution in [0.4, 0.5) is 14.9 Å². The van der Waals surface area contributed by atoms with Crippen LogP contribution in [0.15, 0.2) is 53.9 Å². The van der Waals surface area contributed by atoms with Crippen LogP contribution in [0.3, 0.4) is 0 Å². The second-order valence-electron chi connectivity index (χ2n) is 7.49. The van der Waals surface area contributed by atoms with Crippen LogP contribution in [0.1, 0.15) is 24.8 Å². The Morgan fingerprint density at radius 2 is 1.93 bits per heavy atom. The molecule has 2 N–H and O–H groups in total. The number of rotatable bonds is 4. The largest absolute Gasteiger partial charge is 0.386 e. The van der Waals surface area contributed by atoms with E-state index in [1.165, 1.54) is 24.3 Å². The number of benzene rings is 1. The Morgan fingerprint density at radius 1 is 1.17 bits per heavy atom. The number of oxime groups is 1. The van der Waals surface area contributed by atoms with Crippen LogP contribution in [0, 0.1) is 5.82 Å². The maximum absolute atomic E-state index is 13.0. The highest BCUT2D eigenvalue weighted by Gasteiger charge is 2.45. The Morgan fingerprint density at radius 3 is 2.70 bits per heavy atom. The van der Waals surface area contributed by atoms with Crippen molar-refractivity contribution in [2.75, 3.05) is 18.4 Å². The number of halogens is 1. The Bertz CT molecular complexity index is 951. The van der Waals surface area contributed by atoms with Gasteiger partial charge < -0.3 is 20.4 Å². The average Bonchev–Trinajstić information content (AvgIpc) is 3.17. The van der Waals surface area contributed by atoms with E-state index in [1.807, 2.05) is 12.1 Å². The molecule has 1 atom stereocenters. The molecule has 2 aromatic rings. The van der Waals surface area contributed by atoms with Gasteiger partial charge in [0.25, 0.3) is 5.91 Å². The van der Waals surface area contributed by atoms with E-state index in [0.29, 0.717) is 43.9 Å². The number of carbonyl (C=O) groups is 2. The average molecular weight is 411 g/mol. The summed E-state index contributed by atoms with van der Waals surface area (Å²) in [6.07, 6.45) is 5.12. The topological polar surface area (TPSA) is 95.9 Å². The van der Waals surface area contributed by atoms with E-state index in [2.05, 4.69) is 20.8 Å². The first-order valence-corrected chi connectivity index (χ1v) is 9.77. The quantitative estimate of drug-likeness (QED) is 0.809. The molecule has 4 rings (SSSR count). The number of nitrogens with one attached hydrogen (secondary N) is 2. The molecule has 9 heteroatoms. The summed E-state index contributed by atoms with van der Waals surface area (Å²) in [5.41, 5.74) is 1.08. The molecular weight excluding hydrogens is 389 g/mol. The lowest BCUT2D eigenvalue weighted by molar-refractivity contribution is -0.115. The summed E-state index contributed by atoms with van der Waals surface area (Å²) in [6, 6.07) is 8.96. The Kier molecular flexibility index (Phi) is 5.60. The van der Waals surface area contributed by atoms with Crippen molar-refractivity contribution in [3.63, 3.8) is 0 Å². The van der Waals surface area contributed by atoms with Gasteiger partial charge in [0.15, 0.2) is 5.60 Å². The predicted molar refractivity (Wildman–Crippen MR) is 108 cm³/mol. The summed E-state index contributed by atoms with van der Waals surface area (Å²) >= 11 is 0. The first kappa shape index (κ1) is 19.8. The van der Waals surface area contributed by atoms with Crippen LogP contribution >= 0.6 is 0 Å². The number of hydrogen-bond acceptors (Lipinski definition) is 5. The van der Waals surface area contributed by atoms with Crippen molar-refractivity contribution in [2.45, 2.75) is 31.4 Å². The van der Waals surface area contributed by atoms with Gasteiger partial charge >= 0.3 is 6.03 Å². The lowest BCUT2D eigenvalue weighted by Crippen LogP contribution is -2.52. The lowest BCUT2D eigenvalue weighted by atomic mass is 9.88. The summed E-state index contributed by atoms with van der Waals surface area (Å²) < 4.78 is 13.0. The van der Waals surface area contributed by atoms with E-state index in [-0.39, 0.29) is 17.8 Å². The van der Waals surface area contributed by atoms with Gasteiger partial charge in [0.1, 0.15) is 11.5 Å². The second kappa shape index (κ2) is 8.48. The van der Waals surface area contributed by atoms with Gasteiger partial charge in [0.05, 0.1) is 6.54 Å². The van der Waals surface area contributed by atoms with Crippen molar-refractivity contribution < 1.29 is 18.8 Å². The minimum Gasteiger partial charge on any atom is -0.386 e. The summed E-state index contributed by atoms with van der Waals surface area (Å²) in [6.45, 7) is 1.27. The highest BCUT2D eigenvalue weighted by atomic mass is 19.1. The number of aromatic nitrogens is 1. The van der Waals surface area contributed by atoms with Gasteiger partial charge in [0, 0.05) is 37.6 Å². The molecule has 0 bridgehead atoms. The molecule has 2 aliphatic heterocycles. The van der Waals surface area contributed by atoms with Gasteiger partial charge in [-0.25, -0.2) is 9.18 Å². The maximum atomic E-state index is 13.0. The van der Waals surface area contributed by atoms with Crippen molar-refractivity contribution in [1.29, 1.82) is 0 Å². The van der Waals surface area contributed by atoms with E-state index in [0.717, 1.165) is 12.0 Å². The van der Waals surface area contributed by atoms with E-state index >= 15 is 0 Å². The van der Waals surface area contributed by atoms with Crippen LogP contribution in [-0.2, 0) is 16.2 Å². The molecular formula is C21H22FN5O3. The van der Waals surface area contributed by atoms with E-state index in [1.54, 1.807) is 17.3 Å². The van der Waals surface area contributed by atoms with E-state index in [9.17, 15) is 14.0 Å². The first-order valence-electron chi connectivity index (χ1n) is 9.77. The molecule has 0 aliphatic carbocycles. The predicted octanol–water partition coefficient (Wildman–Crippen LogP) is 2.68. The van der Waals surface area contributed by atoms with Crippen molar-refractivity contribution >= 4 is 23.3 Å². The minimum atomic E-state index is -0.693. The highest BCUT2D eigenvalue weighted by Crippen LogP contribution is 2.33. The van der Waals surface area contributed by atoms with Crippen LogP contribution in [0.5, 0.6) is 0 Å². The molecule has 0 unspecified atom stereocenters. The number of piperidine rings is 1. The van der Waals surface area contributed by atoms with E-state index in [4.69, 9.17) is 4.84 Å². The SMILES string of the molecule is O=C(NCc1ccncc1)C1=NO[C@]2(CCCN(C(=O)Nc3ccc(F)cc3)C2)C1. The lowest BCUT2D eigenvalue weighted by Gasteiger charge is -2.38. The third-order valence-electron chi connectivity index (χ3n) is 5.23. The smallest absolute Gasteiger partial charge is 0.321 e. The van der Waals surface area contributed by atoms with E-state index < -0.39 is 5.60 Å². The van der Waals surface area contributed by atoms with Crippen molar-refractivity contribution in [1.82, 2.24) is 15.2 Å². The number of nitrogens with zero attached hydrogens (tertiary/aromatic N) is 3. The number of carbonyl (C=O) groups excluding carboxylic acids is 2. The third kappa shape index (κ3) is 4.56. The molecule has 1 saturated heterocycles. The summed E-state index contributed by atoms with van der Waals surface area (Å²) in [5, 5.41) is 9.60. The summed E-state index contributed by atoms with van der Waals surface area (Å²) in [4.78, 5) is 36.3. The Labute approximate surface area is 173 Å². The van der Waals surface area contributed by atoms with Crippen molar-refractivity contribution in [2.24, 2.45) is 5.16 Å². The Hall–Kier alpha value is -3.49. The molecule has 0 radical (unpaired) electrons. The molecule has 3 heterocycles. The summed E-state index contributed by atoms with van der Waals surface area (Å²) in [5.74, 6) is -0.646. The molecule has 156 valence electrons. The van der Waals surface area contributed by atoms with Gasteiger partial charge in [-0.2, -0.15) is 0 Å². The standard InChI is InChI=1S/C21H22FN5O3/c22-16-2-4-17(5-3-16)25-20(29)27-11-1-8-21(14-27)12-18(26-30-21)19(28)24-13-15-6-9-23-10-7-15/h2-7,9-10H,1,8,11-14H2,(H,24,28)(H,25,29)/t21-/m1/s1. The molecule has 8 nitrogen and oxygen atoms in total. The fourth-order valence-electron chi connectivity index (χ4n) is 3.65. The number of urea groups is 1. The number of amides is 3. The van der Waals surface area contributed by atoms with Gasteiger partial charge in [0.2, 0.25) is 0 Å². The summed E-state index contributed by atoms with van der Waals surface area (Å²) in [7, 11) is 0. The van der Waals surface area contributed by atoms with Crippen molar-refractivity contribution in [3.05, 3.63) is 60.2 Å². The van der Waals surface area contributed by atoms with Gasteiger partial charge in [-0.1, -0.05) is 5.16 Å². The molecule has 1 fully saturated rings. The zero-order valence-electron chi connectivity index (χ0n) is 16.3. The molecule has 1 aromatic carbocycles. The third-order valence-corrected chi connectivity index (χ3v) is 5.23. The monoisotopic (exact) mass is 411 g/mol. The number of hydrogen-bond donors (Lipinski definition) is 2. The zero-order chi connectivity index (χ0) is 21.0. The minimum absolute atomic E-state index is 0.281. The van der Waals surface area contributed by atoms with Gasteiger partial charge in [-0.15, -0.1) is 0 Å². The maximum Gasteiger partial charge on any atom is 0.321 e. The zero-order valence-corrected chi connectivity index (χ0v) is 16.3. The number of likely N-dealkylation sites (tertiary alicyclic amines) is 1. The van der Waals surface area contributed by atoms with Gasteiger partial charge in [-0.3, -0.25) is 9.78 Å².